The smallest absolute Gasteiger partial charge is 0.253 e. The van der Waals surface area contributed by atoms with Crippen molar-refractivity contribution in [3.05, 3.63) is 27.9 Å². The third kappa shape index (κ3) is 4.66. The van der Waals surface area contributed by atoms with Crippen LogP contribution in [0.5, 0.6) is 0 Å². The largest absolute Gasteiger partial charge is 0.380 e. The maximum Gasteiger partial charge on any atom is 0.253 e. The fourth-order valence-corrected chi connectivity index (χ4v) is 1.64. The zero-order valence-corrected chi connectivity index (χ0v) is 10.8. The van der Waals surface area contributed by atoms with Crippen molar-refractivity contribution < 1.29 is 4.74 Å². The predicted molar refractivity (Wildman–Crippen MR) is 67.3 cm³/mol. The highest BCUT2D eigenvalue weighted by Crippen LogP contribution is 1.92. The van der Waals surface area contributed by atoms with Gasteiger partial charge in [-0.2, -0.15) is 0 Å². The average Bonchev–Trinajstić information content (AvgIpc) is 2.26. The molecule has 1 aromatic heterocycles. The topological polar surface area (TPSA) is 56.1 Å². The van der Waals surface area contributed by atoms with E-state index in [4.69, 9.17) is 4.74 Å². The second-order valence-electron chi connectivity index (χ2n) is 3.88. The van der Waals surface area contributed by atoms with Crippen LogP contribution in [0.2, 0.25) is 0 Å². The molecule has 0 aliphatic heterocycles. The summed E-state index contributed by atoms with van der Waals surface area (Å²) >= 11 is 0. The molecule has 0 aliphatic rings. The fraction of sp³-hybridized carbons (Fsp3) is 0.667. The summed E-state index contributed by atoms with van der Waals surface area (Å²) in [5.74, 6) is 0.765. The molecule has 5 heteroatoms. The molecule has 0 spiro atoms. The fourth-order valence-electron chi connectivity index (χ4n) is 1.64. The van der Waals surface area contributed by atoms with Crippen molar-refractivity contribution in [3.63, 3.8) is 0 Å². The van der Waals surface area contributed by atoms with E-state index in [1.165, 1.54) is 0 Å². The number of nitrogens with one attached hydrogen (secondary N) is 1. The molecule has 0 unspecified atom stereocenters. The minimum absolute atomic E-state index is 0.0154. The summed E-state index contributed by atoms with van der Waals surface area (Å²) in [6.45, 7) is 9.30. The molecule has 96 valence electrons. The van der Waals surface area contributed by atoms with Gasteiger partial charge >= 0.3 is 0 Å². The highest BCUT2D eigenvalue weighted by molar-refractivity contribution is 5.01. The van der Waals surface area contributed by atoms with Crippen molar-refractivity contribution in [2.24, 2.45) is 0 Å². The molecule has 1 heterocycles. The second kappa shape index (κ2) is 7.19. The van der Waals surface area contributed by atoms with Crippen LogP contribution in [0, 0.1) is 13.8 Å². The number of hydrogen-bond donors (Lipinski definition) is 1. The molecular formula is C12H21N3O2. The zero-order chi connectivity index (χ0) is 12.7. The number of hydrogen-bond acceptors (Lipinski definition) is 4. The first-order valence-corrected chi connectivity index (χ1v) is 5.98. The minimum Gasteiger partial charge on any atom is -0.380 e. The monoisotopic (exact) mass is 239 g/mol. The van der Waals surface area contributed by atoms with Gasteiger partial charge in [-0.05, 0) is 20.8 Å². The van der Waals surface area contributed by atoms with Crippen LogP contribution >= 0.6 is 0 Å². The van der Waals surface area contributed by atoms with Gasteiger partial charge < -0.3 is 10.1 Å². The Hall–Kier alpha value is -1.20. The predicted octanol–water partition coefficient (Wildman–Crippen LogP) is 0.486. The van der Waals surface area contributed by atoms with Gasteiger partial charge in [0.15, 0.2) is 0 Å². The van der Waals surface area contributed by atoms with E-state index in [0.717, 1.165) is 31.2 Å². The summed E-state index contributed by atoms with van der Waals surface area (Å²) < 4.78 is 6.89. The maximum absolute atomic E-state index is 11.7. The molecular weight excluding hydrogens is 218 g/mol. The van der Waals surface area contributed by atoms with Crippen LogP contribution in [0.3, 0.4) is 0 Å². The van der Waals surface area contributed by atoms with Crippen LogP contribution in [-0.4, -0.2) is 35.9 Å². The summed E-state index contributed by atoms with van der Waals surface area (Å²) in [5.41, 5.74) is 0.787. The lowest BCUT2D eigenvalue weighted by atomic mass is 10.4. The van der Waals surface area contributed by atoms with Crippen molar-refractivity contribution >= 4 is 0 Å². The molecule has 0 amide bonds. The van der Waals surface area contributed by atoms with E-state index in [-0.39, 0.29) is 5.56 Å². The van der Waals surface area contributed by atoms with Crippen molar-refractivity contribution in [1.29, 1.82) is 0 Å². The molecule has 0 atom stereocenters. The second-order valence-corrected chi connectivity index (χ2v) is 3.88. The SMILES string of the molecule is CCOCCNCCn1c(C)nc(C)cc1=O. The van der Waals surface area contributed by atoms with Gasteiger partial charge in [0.05, 0.1) is 6.61 Å². The third-order valence-electron chi connectivity index (χ3n) is 2.47. The number of ether oxygens (including phenoxy) is 1. The Kier molecular flexibility index (Phi) is 5.86. The molecule has 0 aromatic carbocycles. The van der Waals surface area contributed by atoms with E-state index in [1.807, 2.05) is 20.8 Å². The molecule has 0 fully saturated rings. The van der Waals surface area contributed by atoms with E-state index in [1.54, 1.807) is 10.6 Å². The van der Waals surface area contributed by atoms with Crippen LogP contribution in [0.4, 0.5) is 0 Å². The Balaban J connectivity index is 2.39. The Morgan fingerprint density at radius 2 is 2.18 bits per heavy atom. The molecule has 1 aromatic rings. The summed E-state index contributed by atoms with van der Waals surface area (Å²) in [5, 5.41) is 3.23. The van der Waals surface area contributed by atoms with Gasteiger partial charge in [-0.15, -0.1) is 0 Å². The van der Waals surface area contributed by atoms with E-state index in [0.29, 0.717) is 13.2 Å². The first-order valence-electron chi connectivity index (χ1n) is 5.98. The molecule has 17 heavy (non-hydrogen) atoms. The molecule has 0 radical (unpaired) electrons. The lowest BCUT2D eigenvalue weighted by Crippen LogP contribution is -2.30. The zero-order valence-electron chi connectivity index (χ0n) is 10.8. The van der Waals surface area contributed by atoms with E-state index < -0.39 is 0 Å². The highest BCUT2D eigenvalue weighted by Gasteiger charge is 2.01. The molecule has 0 bridgehead atoms. The normalized spacial score (nSPS) is 10.8. The van der Waals surface area contributed by atoms with Crippen LogP contribution in [-0.2, 0) is 11.3 Å². The van der Waals surface area contributed by atoms with Crippen molar-refractivity contribution in [3.8, 4) is 0 Å². The van der Waals surface area contributed by atoms with E-state index in [2.05, 4.69) is 10.3 Å². The highest BCUT2D eigenvalue weighted by atomic mass is 16.5. The maximum atomic E-state index is 11.7. The lowest BCUT2D eigenvalue weighted by molar-refractivity contribution is 0.149. The molecule has 0 aliphatic carbocycles. The number of aromatic nitrogens is 2. The first kappa shape index (κ1) is 13.9. The summed E-state index contributed by atoms with van der Waals surface area (Å²) in [4.78, 5) is 16.0. The van der Waals surface area contributed by atoms with Gasteiger partial charge in [-0.1, -0.05) is 0 Å². The van der Waals surface area contributed by atoms with Gasteiger partial charge in [0.25, 0.3) is 5.56 Å². The van der Waals surface area contributed by atoms with Crippen LogP contribution in [0.1, 0.15) is 18.4 Å². The summed E-state index contributed by atoms with van der Waals surface area (Å²) in [7, 11) is 0. The molecule has 1 rings (SSSR count). The molecule has 0 saturated heterocycles. The quantitative estimate of drug-likeness (QED) is 0.703. The Morgan fingerprint density at radius 1 is 1.41 bits per heavy atom. The number of nitrogens with zero attached hydrogens (tertiary/aromatic N) is 2. The Bertz CT molecular complexity index is 401. The Morgan fingerprint density at radius 3 is 2.82 bits per heavy atom. The van der Waals surface area contributed by atoms with Gasteiger partial charge in [0, 0.05) is 38.0 Å². The lowest BCUT2D eigenvalue weighted by Gasteiger charge is -2.10. The van der Waals surface area contributed by atoms with Gasteiger partial charge in [0.2, 0.25) is 0 Å². The molecule has 5 nitrogen and oxygen atoms in total. The van der Waals surface area contributed by atoms with Gasteiger partial charge in [0.1, 0.15) is 5.82 Å². The number of aryl methyl sites for hydroxylation is 2. The van der Waals surface area contributed by atoms with Crippen LogP contribution in [0.15, 0.2) is 10.9 Å². The third-order valence-corrected chi connectivity index (χ3v) is 2.47. The minimum atomic E-state index is 0.0154. The van der Waals surface area contributed by atoms with Crippen molar-refractivity contribution in [1.82, 2.24) is 14.9 Å². The molecule has 1 N–H and O–H groups in total. The first-order chi connectivity index (χ1) is 8.15. The van der Waals surface area contributed by atoms with Gasteiger partial charge in [-0.25, -0.2) is 4.98 Å². The molecule has 0 saturated carbocycles. The van der Waals surface area contributed by atoms with E-state index >= 15 is 0 Å². The van der Waals surface area contributed by atoms with Crippen molar-refractivity contribution in [2.45, 2.75) is 27.3 Å². The van der Waals surface area contributed by atoms with Gasteiger partial charge in [-0.3, -0.25) is 9.36 Å². The summed E-state index contributed by atoms with van der Waals surface area (Å²) in [6, 6.07) is 1.56. The number of rotatable bonds is 7. The van der Waals surface area contributed by atoms with Crippen molar-refractivity contribution in [2.75, 3.05) is 26.3 Å². The van der Waals surface area contributed by atoms with E-state index in [9.17, 15) is 4.79 Å². The average molecular weight is 239 g/mol. The standard InChI is InChI=1S/C12H21N3O2/c1-4-17-8-6-13-5-7-15-11(3)14-10(2)9-12(15)16/h9,13H,4-8H2,1-3H3. The Labute approximate surface area is 102 Å². The van der Waals surface area contributed by atoms with Crippen LogP contribution < -0.4 is 10.9 Å². The summed E-state index contributed by atoms with van der Waals surface area (Å²) in [6.07, 6.45) is 0. The van der Waals surface area contributed by atoms with Crippen LogP contribution in [0.25, 0.3) is 0 Å².